The van der Waals surface area contributed by atoms with E-state index in [1.165, 1.54) is 12.0 Å². The number of rotatable bonds is 4. The van der Waals surface area contributed by atoms with Crippen LogP contribution in [0.25, 0.3) is 0 Å². The Hall–Kier alpha value is -1.55. The molecule has 2 N–H and O–H groups in total. The number of nitrogen functional groups attached to an aromatic ring is 1. The number of nitrogens with zero attached hydrogens (tertiary/aromatic N) is 2. The van der Waals surface area contributed by atoms with Crippen LogP contribution in [0.5, 0.6) is 0 Å². The minimum atomic E-state index is 0.234. The van der Waals surface area contributed by atoms with Crippen molar-refractivity contribution in [2.24, 2.45) is 0 Å². The minimum Gasteiger partial charge on any atom is -0.399 e. The summed E-state index contributed by atoms with van der Waals surface area (Å²) in [5, 5.41) is 0. The fourth-order valence-corrected chi connectivity index (χ4v) is 2.94. The molecule has 0 bridgehead atoms. The zero-order valence-electron chi connectivity index (χ0n) is 13.4. The summed E-state index contributed by atoms with van der Waals surface area (Å²) in [6.45, 7) is 3.87. The highest BCUT2D eigenvalue weighted by Crippen LogP contribution is 2.22. The Morgan fingerprint density at radius 2 is 2.05 bits per heavy atom. The molecule has 1 heterocycles. The van der Waals surface area contributed by atoms with Crippen LogP contribution in [0, 0.1) is 0 Å². The van der Waals surface area contributed by atoms with Crippen LogP contribution < -0.4 is 5.73 Å². The van der Waals surface area contributed by atoms with Crippen LogP contribution in [0.4, 0.5) is 5.69 Å². The van der Waals surface area contributed by atoms with Crippen molar-refractivity contribution in [1.29, 1.82) is 0 Å². The van der Waals surface area contributed by atoms with E-state index in [0.717, 1.165) is 25.2 Å². The molecular formula is C17H27N3O. The first-order valence-corrected chi connectivity index (χ1v) is 7.77. The molecule has 0 radical (unpaired) electrons. The molecule has 116 valence electrons. The molecule has 1 amide bonds. The first-order chi connectivity index (χ1) is 9.97. The molecule has 1 saturated heterocycles. The van der Waals surface area contributed by atoms with Crippen LogP contribution in [0.1, 0.15) is 37.7 Å². The fraction of sp³-hybridized carbons (Fsp3) is 0.588. The van der Waals surface area contributed by atoms with E-state index in [1.807, 2.05) is 29.2 Å². The maximum Gasteiger partial charge on any atom is 0.223 e. The third kappa shape index (κ3) is 4.21. The van der Waals surface area contributed by atoms with Gasteiger partial charge in [-0.1, -0.05) is 19.1 Å². The summed E-state index contributed by atoms with van der Waals surface area (Å²) in [6, 6.07) is 8.34. The van der Waals surface area contributed by atoms with Gasteiger partial charge in [0.2, 0.25) is 5.91 Å². The smallest absolute Gasteiger partial charge is 0.223 e. The van der Waals surface area contributed by atoms with E-state index < -0.39 is 0 Å². The second-order valence-electron chi connectivity index (χ2n) is 6.37. The highest BCUT2D eigenvalue weighted by atomic mass is 16.2. The number of likely N-dealkylation sites (N-methyl/N-ethyl adjacent to an activating group) is 1. The summed E-state index contributed by atoms with van der Waals surface area (Å²) in [7, 11) is 4.19. The number of nitrogens with two attached hydrogens (primary N) is 1. The van der Waals surface area contributed by atoms with Crippen LogP contribution >= 0.6 is 0 Å². The van der Waals surface area contributed by atoms with Crippen LogP contribution in [-0.4, -0.2) is 48.9 Å². The number of piperidine rings is 1. The number of hydrogen-bond donors (Lipinski definition) is 1. The fourth-order valence-electron chi connectivity index (χ4n) is 2.94. The first kappa shape index (κ1) is 15.8. The Kier molecular flexibility index (Phi) is 5.23. The van der Waals surface area contributed by atoms with E-state index in [9.17, 15) is 4.79 Å². The zero-order valence-corrected chi connectivity index (χ0v) is 13.4. The van der Waals surface area contributed by atoms with E-state index in [1.54, 1.807) is 0 Å². The van der Waals surface area contributed by atoms with Crippen LogP contribution in [-0.2, 0) is 4.79 Å². The maximum atomic E-state index is 12.5. The predicted molar refractivity (Wildman–Crippen MR) is 87.2 cm³/mol. The van der Waals surface area contributed by atoms with Crippen molar-refractivity contribution in [3.05, 3.63) is 29.8 Å². The summed E-state index contributed by atoms with van der Waals surface area (Å²) in [4.78, 5) is 16.8. The molecule has 2 rings (SSSR count). The average molecular weight is 289 g/mol. The third-order valence-corrected chi connectivity index (χ3v) is 4.47. The molecule has 0 saturated carbocycles. The van der Waals surface area contributed by atoms with Gasteiger partial charge in [-0.25, -0.2) is 0 Å². The number of anilines is 1. The topological polar surface area (TPSA) is 49.6 Å². The first-order valence-electron chi connectivity index (χ1n) is 7.77. The molecule has 2 atom stereocenters. The Bertz CT molecular complexity index is 469. The van der Waals surface area contributed by atoms with E-state index in [4.69, 9.17) is 5.73 Å². The van der Waals surface area contributed by atoms with Crippen molar-refractivity contribution in [3.8, 4) is 0 Å². The maximum absolute atomic E-state index is 12.5. The molecule has 4 heteroatoms. The number of hydrogen-bond acceptors (Lipinski definition) is 3. The van der Waals surface area contributed by atoms with Crippen molar-refractivity contribution in [3.63, 3.8) is 0 Å². The number of carbonyl (C=O) groups excluding carboxylic acids is 1. The molecule has 0 aromatic heterocycles. The molecule has 4 nitrogen and oxygen atoms in total. The lowest BCUT2D eigenvalue weighted by Gasteiger charge is -2.36. The van der Waals surface area contributed by atoms with Gasteiger partial charge in [-0.3, -0.25) is 4.79 Å². The van der Waals surface area contributed by atoms with E-state index in [2.05, 4.69) is 25.9 Å². The lowest BCUT2D eigenvalue weighted by Crippen LogP contribution is -2.47. The van der Waals surface area contributed by atoms with Crippen molar-refractivity contribution in [1.82, 2.24) is 9.80 Å². The molecular weight excluding hydrogens is 262 g/mol. The average Bonchev–Trinajstić information content (AvgIpc) is 2.48. The second-order valence-corrected chi connectivity index (χ2v) is 6.37. The summed E-state index contributed by atoms with van der Waals surface area (Å²) >= 11 is 0. The molecule has 0 spiro atoms. The number of amides is 1. The standard InChI is InChI=1S/C17H27N3O/c1-13(14-6-8-15(18)9-7-14)11-17(21)20-10-4-5-16(12-20)19(2)3/h6-9,13,16H,4-5,10-12,18H2,1-3H3. The molecule has 1 aromatic rings. The number of benzene rings is 1. The van der Waals surface area contributed by atoms with Crippen molar-refractivity contribution in [2.75, 3.05) is 32.9 Å². The Morgan fingerprint density at radius 3 is 2.67 bits per heavy atom. The monoisotopic (exact) mass is 289 g/mol. The summed E-state index contributed by atoms with van der Waals surface area (Å²) in [5.41, 5.74) is 7.65. The molecule has 2 unspecified atom stereocenters. The molecule has 1 fully saturated rings. The quantitative estimate of drug-likeness (QED) is 0.865. The summed E-state index contributed by atoms with van der Waals surface area (Å²) < 4.78 is 0. The molecule has 1 aliphatic heterocycles. The lowest BCUT2D eigenvalue weighted by molar-refractivity contribution is -0.133. The van der Waals surface area contributed by atoms with Gasteiger partial charge in [0.15, 0.2) is 0 Å². The zero-order chi connectivity index (χ0) is 15.4. The lowest BCUT2D eigenvalue weighted by atomic mass is 9.96. The summed E-state index contributed by atoms with van der Waals surface area (Å²) in [5.74, 6) is 0.503. The van der Waals surface area contributed by atoms with Gasteiger partial charge in [0, 0.05) is 31.2 Å². The van der Waals surface area contributed by atoms with Gasteiger partial charge in [-0.05, 0) is 50.6 Å². The predicted octanol–water partition coefficient (Wildman–Crippen LogP) is 2.32. The highest BCUT2D eigenvalue weighted by Gasteiger charge is 2.25. The normalized spacial score (nSPS) is 20.6. The number of likely N-dealkylation sites (tertiary alicyclic amines) is 1. The van der Waals surface area contributed by atoms with Crippen molar-refractivity contribution in [2.45, 2.75) is 38.1 Å². The Balaban J connectivity index is 1.92. The van der Waals surface area contributed by atoms with Gasteiger partial charge in [0.05, 0.1) is 0 Å². The molecule has 1 aromatic carbocycles. The van der Waals surface area contributed by atoms with E-state index in [-0.39, 0.29) is 11.8 Å². The van der Waals surface area contributed by atoms with Gasteiger partial charge in [-0.15, -0.1) is 0 Å². The van der Waals surface area contributed by atoms with E-state index >= 15 is 0 Å². The molecule has 1 aliphatic rings. The van der Waals surface area contributed by atoms with Gasteiger partial charge in [0.25, 0.3) is 0 Å². The summed E-state index contributed by atoms with van der Waals surface area (Å²) in [6.07, 6.45) is 2.86. The Labute approximate surface area is 127 Å². The third-order valence-electron chi connectivity index (χ3n) is 4.47. The minimum absolute atomic E-state index is 0.234. The molecule has 21 heavy (non-hydrogen) atoms. The van der Waals surface area contributed by atoms with Crippen LogP contribution in [0.3, 0.4) is 0 Å². The van der Waals surface area contributed by atoms with Crippen LogP contribution in [0.15, 0.2) is 24.3 Å². The van der Waals surface area contributed by atoms with Gasteiger partial charge >= 0.3 is 0 Å². The molecule has 0 aliphatic carbocycles. The SMILES string of the molecule is CC(CC(=O)N1CCCC(N(C)C)C1)c1ccc(N)cc1. The number of carbonyl (C=O) groups is 1. The highest BCUT2D eigenvalue weighted by molar-refractivity contribution is 5.77. The Morgan fingerprint density at radius 1 is 1.38 bits per heavy atom. The second kappa shape index (κ2) is 6.94. The van der Waals surface area contributed by atoms with Crippen molar-refractivity contribution < 1.29 is 4.79 Å². The van der Waals surface area contributed by atoms with Gasteiger partial charge < -0.3 is 15.5 Å². The van der Waals surface area contributed by atoms with Gasteiger partial charge in [0.1, 0.15) is 0 Å². The van der Waals surface area contributed by atoms with E-state index in [0.29, 0.717) is 12.5 Å². The largest absolute Gasteiger partial charge is 0.399 e. The van der Waals surface area contributed by atoms with Crippen LogP contribution in [0.2, 0.25) is 0 Å². The van der Waals surface area contributed by atoms with Crippen molar-refractivity contribution >= 4 is 11.6 Å². The van der Waals surface area contributed by atoms with Gasteiger partial charge in [-0.2, -0.15) is 0 Å².